The third-order valence-electron chi connectivity index (χ3n) is 2.74. The Balaban J connectivity index is 2.26. The fourth-order valence-electron chi connectivity index (χ4n) is 1.65. The highest BCUT2D eigenvalue weighted by atomic mass is 79.9. The number of halogens is 3. The first-order chi connectivity index (χ1) is 9.79. The van der Waals surface area contributed by atoms with E-state index in [9.17, 15) is 17.6 Å². The standard InChI is InChI=1S/C14H9BrClFO3S/c15-10-3-1-9(2-4-10)14(18)8-21(19,20)11-5-6-13(17)12(16)7-11/h1-7H,8H2. The van der Waals surface area contributed by atoms with E-state index in [4.69, 9.17) is 11.6 Å². The number of ketones is 1. The maximum Gasteiger partial charge on any atom is 0.185 e. The van der Waals surface area contributed by atoms with Crippen molar-refractivity contribution in [3.05, 3.63) is 63.3 Å². The van der Waals surface area contributed by atoms with Gasteiger partial charge in [0.2, 0.25) is 0 Å². The molecule has 0 atom stereocenters. The topological polar surface area (TPSA) is 51.2 Å². The number of sulfone groups is 1. The summed E-state index contributed by atoms with van der Waals surface area (Å²) in [7, 11) is -3.87. The number of benzene rings is 2. The number of carbonyl (C=O) groups is 1. The van der Waals surface area contributed by atoms with E-state index in [-0.39, 0.29) is 15.5 Å². The summed E-state index contributed by atoms with van der Waals surface area (Å²) >= 11 is 8.79. The van der Waals surface area contributed by atoms with Crippen LogP contribution in [0.2, 0.25) is 5.02 Å². The van der Waals surface area contributed by atoms with E-state index >= 15 is 0 Å². The van der Waals surface area contributed by atoms with Crippen LogP contribution in [0.1, 0.15) is 10.4 Å². The quantitative estimate of drug-likeness (QED) is 0.587. The number of carbonyl (C=O) groups excluding carboxylic acids is 1. The second-order valence-electron chi connectivity index (χ2n) is 4.27. The van der Waals surface area contributed by atoms with Gasteiger partial charge in [0.25, 0.3) is 0 Å². The first-order valence-electron chi connectivity index (χ1n) is 5.76. The van der Waals surface area contributed by atoms with E-state index in [1.54, 1.807) is 12.1 Å². The second-order valence-corrected chi connectivity index (χ2v) is 7.58. The SMILES string of the molecule is O=C(CS(=O)(=O)c1ccc(F)c(Cl)c1)c1ccc(Br)cc1. The largest absolute Gasteiger partial charge is 0.293 e. The molecule has 0 aliphatic heterocycles. The Labute approximate surface area is 134 Å². The van der Waals surface area contributed by atoms with Crippen LogP contribution in [-0.2, 0) is 9.84 Å². The number of Topliss-reactive ketones (excluding diaryl/α,β-unsaturated/α-hetero) is 1. The van der Waals surface area contributed by atoms with Gasteiger partial charge in [-0.25, -0.2) is 12.8 Å². The molecule has 0 unspecified atom stereocenters. The van der Waals surface area contributed by atoms with Crippen molar-refractivity contribution in [2.75, 3.05) is 5.75 Å². The second kappa shape index (κ2) is 6.25. The van der Waals surface area contributed by atoms with E-state index in [0.29, 0.717) is 0 Å². The molecule has 7 heteroatoms. The summed E-state index contributed by atoms with van der Waals surface area (Å²) in [6.07, 6.45) is 0. The summed E-state index contributed by atoms with van der Waals surface area (Å²) in [5.74, 6) is -1.95. The van der Waals surface area contributed by atoms with Gasteiger partial charge in [-0.2, -0.15) is 0 Å². The lowest BCUT2D eigenvalue weighted by atomic mass is 10.2. The Hall–Kier alpha value is -1.24. The molecule has 0 heterocycles. The first-order valence-corrected chi connectivity index (χ1v) is 8.58. The minimum absolute atomic E-state index is 0.181. The highest BCUT2D eigenvalue weighted by Gasteiger charge is 2.21. The van der Waals surface area contributed by atoms with Crippen molar-refractivity contribution in [3.8, 4) is 0 Å². The molecule has 21 heavy (non-hydrogen) atoms. The Morgan fingerprint density at radius 3 is 2.33 bits per heavy atom. The normalized spacial score (nSPS) is 11.4. The fourth-order valence-corrected chi connectivity index (χ4v) is 3.41. The fraction of sp³-hybridized carbons (Fsp3) is 0.0714. The van der Waals surface area contributed by atoms with Crippen LogP contribution in [0.15, 0.2) is 51.8 Å². The summed E-state index contributed by atoms with van der Waals surface area (Å²) < 4.78 is 38.1. The van der Waals surface area contributed by atoms with Gasteiger partial charge in [-0.1, -0.05) is 39.7 Å². The van der Waals surface area contributed by atoms with Gasteiger partial charge in [0.1, 0.15) is 11.6 Å². The van der Waals surface area contributed by atoms with Crippen molar-refractivity contribution >= 4 is 43.2 Å². The van der Waals surface area contributed by atoms with E-state index in [1.807, 2.05) is 0 Å². The van der Waals surface area contributed by atoms with Gasteiger partial charge in [-0.3, -0.25) is 4.79 Å². The van der Waals surface area contributed by atoms with Crippen molar-refractivity contribution < 1.29 is 17.6 Å². The van der Waals surface area contributed by atoms with Gasteiger partial charge >= 0.3 is 0 Å². The van der Waals surface area contributed by atoms with Crippen LogP contribution in [0.25, 0.3) is 0 Å². The lowest BCUT2D eigenvalue weighted by molar-refractivity contribution is 0.102. The van der Waals surface area contributed by atoms with E-state index in [0.717, 1.165) is 22.7 Å². The molecule has 0 bridgehead atoms. The zero-order valence-corrected chi connectivity index (χ0v) is 13.7. The van der Waals surface area contributed by atoms with Crippen molar-refractivity contribution in [3.63, 3.8) is 0 Å². The maximum absolute atomic E-state index is 13.1. The Kier molecular flexibility index (Phi) is 4.81. The van der Waals surface area contributed by atoms with Crippen LogP contribution < -0.4 is 0 Å². The minimum Gasteiger partial charge on any atom is -0.293 e. The molecule has 0 spiro atoms. The third kappa shape index (κ3) is 3.90. The van der Waals surface area contributed by atoms with Crippen LogP contribution in [0.5, 0.6) is 0 Å². The van der Waals surface area contributed by atoms with Gasteiger partial charge in [0.05, 0.1) is 9.92 Å². The van der Waals surface area contributed by atoms with E-state index in [2.05, 4.69) is 15.9 Å². The third-order valence-corrected chi connectivity index (χ3v) is 5.17. The molecule has 110 valence electrons. The lowest BCUT2D eigenvalue weighted by Crippen LogP contribution is -2.16. The van der Waals surface area contributed by atoms with Crippen LogP contribution in [-0.4, -0.2) is 20.0 Å². The molecule has 0 saturated carbocycles. The zero-order chi connectivity index (χ0) is 15.6. The maximum atomic E-state index is 13.1. The van der Waals surface area contributed by atoms with Gasteiger partial charge in [-0.05, 0) is 30.3 Å². The molecule has 0 fully saturated rings. The monoisotopic (exact) mass is 390 g/mol. The predicted molar refractivity (Wildman–Crippen MR) is 81.9 cm³/mol. The zero-order valence-electron chi connectivity index (χ0n) is 10.5. The first kappa shape index (κ1) is 16.1. The highest BCUT2D eigenvalue weighted by molar-refractivity contribution is 9.10. The molecule has 0 aromatic heterocycles. The average molecular weight is 392 g/mol. The summed E-state index contributed by atoms with van der Waals surface area (Å²) in [5, 5.41) is -0.299. The molecule has 2 rings (SSSR count). The lowest BCUT2D eigenvalue weighted by Gasteiger charge is -2.05. The van der Waals surface area contributed by atoms with Gasteiger partial charge in [0.15, 0.2) is 15.6 Å². The average Bonchev–Trinajstić information content (AvgIpc) is 2.42. The minimum atomic E-state index is -3.87. The van der Waals surface area contributed by atoms with Crippen molar-refractivity contribution in [1.29, 1.82) is 0 Å². The molecule has 2 aromatic carbocycles. The number of hydrogen-bond acceptors (Lipinski definition) is 3. The molecule has 0 amide bonds. The predicted octanol–water partition coefficient (Wildman–Crippen LogP) is 3.90. The van der Waals surface area contributed by atoms with Crippen LogP contribution in [0.4, 0.5) is 4.39 Å². The van der Waals surface area contributed by atoms with Gasteiger partial charge in [-0.15, -0.1) is 0 Å². The molecule has 0 saturated heterocycles. The molecular formula is C14H9BrClFO3S. The summed E-state index contributed by atoms with van der Waals surface area (Å²) in [4.78, 5) is 11.8. The molecular weight excluding hydrogens is 383 g/mol. The van der Waals surface area contributed by atoms with Crippen LogP contribution >= 0.6 is 27.5 Å². The number of rotatable bonds is 4. The Bertz CT molecular complexity index is 788. The molecule has 3 nitrogen and oxygen atoms in total. The van der Waals surface area contributed by atoms with Crippen molar-refractivity contribution in [2.24, 2.45) is 0 Å². The molecule has 0 aliphatic rings. The smallest absolute Gasteiger partial charge is 0.185 e. The van der Waals surface area contributed by atoms with Crippen molar-refractivity contribution in [1.82, 2.24) is 0 Å². The summed E-state index contributed by atoms with van der Waals surface area (Å²) in [5.41, 5.74) is 0.287. The molecule has 2 aromatic rings. The molecule has 0 N–H and O–H groups in total. The Morgan fingerprint density at radius 2 is 1.76 bits per heavy atom. The molecule has 0 aliphatic carbocycles. The number of hydrogen-bond donors (Lipinski definition) is 0. The Morgan fingerprint density at radius 1 is 1.14 bits per heavy atom. The van der Waals surface area contributed by atoms with Crippen LogP contribution in [0, 0.1) is 5.82 Å². The summed E-state index contributed by atoms with van der Waals surface area (Å²) in [6.45, 7) is 0. The van der Waals surface area contributed by atoms with Crippen molar-refractivity contribution in [2.45, 2.75) is 4.90 Å². The van der Waals surface area contributed by atoms with Gasteiger partial charge < -0.3 is 0 Å². The van der Waals surface area contributed by atoms with Crippen LogP contribution in [0.3, 0.4) is 0 Å². The highest BCUT2D eigenvalue weighted by Crippen LogP contribution is 2.21. The van der Waals surface area contributed by atoms with E-state index in [1.165, 1.54) is 12.1 Å². The van der Waals surface area contributed by atoms with E-state index < -0.39 is 27.2 Å². The molecule has 0 radical (unpaired) electrons. The summed E-state index contributed by atoms with van der Waals surface area (Å²) in [6, 6.07) is 9.40. The van der Waals surface area contributed by atoms with Gasteiger partial charge in [0, 0.05) is 10.0 Å².